The second-order valence-electron chi connectivity index (χ2n) is 6.03. The molecule has 1 aromatic rings. The number of aliphatic imine (C=N–C) groups is 1. The monoisotopic (exact) mass is 343 g/mol. The number of halogens is 3. The molecule has 0 radical (unpaired) electrons. The van der Waals surface area contributed by atoms with Crippen molar-refractivity contribution in [2.45, 2.75) is 45.0 Å². The highest BCUT2D eigenvalue weighted by molar-refractivity contribution is 5.79. The largest absolute Gasteiger partial charge is 0.416 e. The number of hydrogen-bond donors (Lipinski definition) is 3. The quantitative estimate of drug-likeness (QED) is 0.569. The summed E-state index contributed by atoms with van der Waals surface area (Å²) in [5, 5.41) is 16.1. The van der Waals surface area contributed by atoms with E-state index < -0.39 is 11.7 Å². The van der Waals surface area contributed by atoms with Gasteiger partial charge in [0.05, 0.1) is 18.2 Å². The van der Waals surface area contributed by atoms with Gasteiger partial charge in [-0.25, -0.2) is 4.99 Å². The van der Waals surface area contributed by atoms with E-state index in [2.05, 4.69) is 15.6 Å². The van der Waals surface area contributed by atoms with Crippen molar-refractivity contribution in [3.05, 3.63) is 35.4 Å². The zero-order valence-electron chi connectivity index (χ0n) is 13.7. The zero-order chi connectivity index (χ0) is 17.6. The third-order valence-corrected chi connectivity index (χ3v) is 4.20. The third-order valence-electron chi connectivity index (χ3n) is 4.20. The topological polar surface area (TPSA) is 56.7 Å². The summed E-state index contributed by atoms with van der Waals surface area (Å²) < 4.78 is 37.6. The average Bonchev–Trinajstić information content (AvgIpc) is 2.95. The Balaban J connectivity index is 1.92. The maximum absolute atomic E-state index is 12.5. The Morgan fingerprint density at radius 1 is 1.21 bits per heavy atom. The van der Waals surface area contributed by atoms with Gasteiger partial charge in [-0.15, -0.1) is 0 Å². The Kier molecular flexibility index (Phi) is 6.48. The smallest absolute Gasteiger partial charge is 0.393 e. The van der Waals surface area contributed by atoms with Crippen molar-refractivity contribution in [2.24, 2.45) is 10.9 Å². The molecule has 4 nitrogen and oxygen atoms in total. The first-order valence-electron chi connectivity index (χ1n) is 8.26. The van der Waals surface area contributed by atoms with Crippen LogP contribution < -0.4 is 10.6 Å². The van der Waals surface area contributed by atoms with Gasteiger partial charge < -0.3 is 15.7 Å². The van der Waals surface area contributed by atoms with Gasteiger partial charge in [-0.2, -0.15) is 13.2 Å². The van der Waals surface area contributed by atoms with Crippen molar-refractivity contribution >= 4 is 5.96 Å². The first kappa shape index (κ1) is 18.6. The zero-order valence-corrected chi connectivity index (χ0v) is 13.7. The normalized spacial score (nSPS) is 21.8. The molecule has 134 valence electrons. The van der Waals surface area contributed by atoms with E-state index in [9.17, 15) is 18.3 Å². The highest BCUT2D eigenvalue weighted by Crippen LogP contribution is 2.29. The molecule has 0 amide bonds. The fourth-order valence-electron chi connectivity index (χ4n) is 2.79. The van der Waals surface area contributed by atoms with Gasteiger partial charge >= 0.3 is 6.18 Å². The Morgan fingerprint density at radius 3 is 2.46 bits per heavy atom. The SMILES string of the molecule is CCNC(=NCc1ccc(C(F)(F)F)cc1)NCC1CCCC1O. The third kappa shape index (κ3) is 5.40. The van der Waals surface area contributed by atoms with Crippen LogP contribution in [0.25, 0.3) is 0 Å². The Labute approximate surface area is 140 Å². The molecule has 0 aromatic heterocycles. The van der Waals surface area contributed by atoms with E-state index in [4.69, 9.17) is 0 Å². The van der Waals surface area contributed by atoms with E-state index >= 15 is 0 Å². The van der Waals surface area contributed by atoms with E-state index in [0.717, 1.165) is 31.4 Å². The Hall–Kier alpha value is -1.76. The van der Waals surface area contributed by atoms with Crippen LogP contribution >= 0.6 is 0 Å². The molecule has 3 N–H and O–H groups in total. The Bertz CT molecular complexity index is 543. The van der Waals surface area contributed by atoms with Gasteiger partial charge in [0.15, 0.2) is 5.96 Å². The predicted molar refractivity (Wildman–Crippen MR) is 87.6 cm³/mol. The molecule has 1 aliphatic rings. The number of aliphatic hydroxyl groups is 1. The minimum Gasteiger partial charge on any atom is -0.393 e. The molecule has 2 atom stereocenters. The van der Waals surface area contributed by atoms with Crippen molar-refractivity contribution in [1.29, 1.82) is 0 Å². The molecular weight excluding hydrogens is 319 g/mol. The molecule has 0 heterocycles. The van der Waals surface area contributed by atoms with Crippen molar-refractivity contribution in [1.82, 2.24) is 10.6 Å². The number of guanidine groups is 1. The van der Waals surface area contributed by atoms with Crippen LogP contribution in [0.1, 0.15) is 37.3 Å². The first-order valence-corrected chi connectivity index (χ1v) is 8.26. The van der Waals surface area contributed by atoms with Crippen LogP contribution in [-0.4, -0.2) is 30.3 Å². The maximum Gasteiger partial charge on any atom is 0.416 e. The van der Waals surface area contributed by atoms with Gasteiger partial charge in [0.2, 0.25) is 0 Å². The lowest BCUT2D eigenvalue weighted by molar-refractivity contribution is -0.137. The fourth-order valence-corrected chi connectivity index (χ4v) is 2.79. The fraction of sp³-hybridized carbons (Fsp3) is 0.588. The molecule has 0 spiro atoms. The molecule has 1 saturated carbocycles. The van der Waals surface area contributed by atoms with Crippen LogP contribution in [0.15, 0.2) is 29.3 Å². The van der Waals surface area contributed by atoms with Gasteiger partial charge in [0.1, 0.15) is 0 Å². The van der Waals surface area contributed by atoms with Crippen LogP contribution in [0, 0.1) is 5.92 Å². The number of nitrogens with zero attached hydrogens (tertiary/aromatic N) is 1. The minimum atomic E-state index is -4.32. The molecule has 0 bridgehead atoms. The van der Waals surface area contributed by atoms with Crippen molar-refractivity contribution in [3.63, 3.8) is 0 Å². The van der Waals surface area contributed by atoms with Crippen molar-refractivity contribution in [3.8, 4) is 0 Å². The molecule has 24 heavy (non-hydrogen) atoms. The molecule has 1 aromatic carbocycles. The molecular formula is C17H24F3N3O. The second-order valence-corrected chi connectivity index (χ2v) is 6.03. The molecule has 2 rings (SSSR count). The summed E-state index contributed by atoms with van der Waals surface area (Å²) in [6.07, 6.45) is -1.72. The standard InChI is InChI=1S/C17H24F3N3O/c1-2-21-16(23-11-13-4-3-5-15(13)24)22-10-12-6-8-14(9-7-12)17(18,19)20/h6-9,13,15,24H,2-5,10-11H2,1H3,(H2,21,22,23). The molecule has 7 heteroatoms. The van der Waals surface area contributed by atoms with Gasteiger partial charge in [0.25, 0.3) is 0 Å². The van der Waals surface area contributed by atoms with Crippen molar-refractivity contribution in [2.75, 3.05) is 13.1 Å². The number of hydrogen-bond acceptors (Lipinski definition) is 2. The van der Waals surface area contributed by atoms with E-state index in [-0.39, 0.29) is 12.0 Å². The lowest BCUT2D eigenvalue weighted by atomic mass is 10.1. The van der Waals surface area contributed by atoms with Crippen LogP contribution in [0.5, 0.6) is 0 Å². The van der Waals surface area contributed by atoms with Crippen molar-refractivity contribution < 1.29 is 18.3 Å². The van der Waals surface area contributed by atoms with Crippen LogP contribution in [-0.2, 0) is 12.7 Å². The van der Waals surface area contributed by atoms with Crippen LogP contribution in [0.4, 0.5) is 13.2 Å². The predicted octanol–water partition coefficient (Wildman–Crippen LogP) is 2.92. The molecule has 0 aliphatic heterocycles. The molecule has 0 saturated heterocycles. The summed E-state index contributed by atoms with van der Waals surface area (Å²) in [6.45, 7) is 3.56. The number of aliphatic hydroxyl groups excluding tert-OH is 1. The van der Waals surface area contributed by atoms with Gasteiger partial charge in [-0.1, -0.05) is 18.6 Å². The number of benzene rings is 1. The van der Waals surface area contributed by atoms with Gasteiger partial charge in [0, 0.05) is 19.0 Å². The highest BCUT2D eigenvalue weighted by Gasteiger charge is 2.29. The lowest BCUT2D eigenvalue weighted by Gasteiger charge is -2.17. The summed E-state index contributed by atoms with van der Waals surface area (Å²) in [7, 11) is 0. The highest BCUT2D eigenvalue weighted by atomic mass is 19.4. The van der Waals surface area contributed by atoms with Gasteiger partial charge in [-0.05, 0) is 37.5 Å². The first-order chi connectivity index (χ1) is 11.4. The number of alkyl halides is 3. The van der Waals surface area contributed by atoms with E-state index in [1.54, 1.807) is 0 Å². The Morgan fingerprint density at radius 2 is 1.92 bits per heavy atom. The maximum atomic E-state index is 12.5. The van der Waals surface area contributed by atoms with E-state index in [1.165, 1.54) is 12.1 Å². The summed E-state index contributed by atoms with van der Waals surface area (Å²) in [5.41, 5.74) is 0.0524. The van der Waals surface area contributed by atoms with E-state index in [0.29, 0.717) is 31.2 Å². The van der Waals surface area contributed by atoms with E-state index in [1.807, 2.05) is 6.92 Å². The summed E-state index contributed by atoms with van der Waals surface area (Å²) in [4.78, 5) is 4.39. The van der Waals surface area contributed by atoms with Gasteiger partial charge in [-0.3, -0.25) is 0 Å². The van der Waals surface area contributed by atoms with Crippen LogP contribution in [0.2, 0.25) is 0 Å². The second kappa shape index (κ2) is 8.37. The number of nitrogens with one attached hydrogen (secondary N) is 2. The minimum absolute atomic E-state index is 0.222. The molecule has 1 aliphatic carbocycles. The number of rotatable bonds is 5. The molecule has 2 unspecified atom stereocenters. The lowest BCUT2D eigenvalue weighted by Crippen LogP contribution is -2.41. The summed E-state index contributed by atoms with van der Waals surface area (Å²) in [5.74, 6) is 0.830. The summed E-state index contributed by atoms with van der Waals surface area (Å²) in [6, 6.07) is 5.02. The molecule has 1 fully saturated rings. The summed E-state index contributed by atoms with van der Waals surface area (Å²) >= 11 is 0. The average molecular weight is 343 g/mol. The van der Waals surface area contributed by atoms with Crippen LogP contribution in [0.3, 0.4) is 0 Å².